The van der Waals surface area contributed by atoms with Crippen LogP contribution in [-0.4, -0.2) is 28.2 Å². The molecule has 98 valence electrons. The molecule has 2 fully saturated rings. The molecule has 1 unspecified atom stereocenters. The number of nitrogens with zero attached hydrogens (tertiary/aromatic N) is 3. The van der Waals surface area contributed by atoms with Crippen LogP contribution in [0.2, 0.25) is 0 Å². The third kappa shape index (κ3) is 2.46. The Morgan fingerprint density at radius 2 is 1.56 bits per heavy atom. The van der Waals surface area contributed by atoms with E-state index in [1.165, 1.54) is 25.7 Å². The Morgan fingerprint density at radius 3 is 2.22 bits per heavy atom. The van der Waals surface area contributed by atoms with E-state index in [1.807, 2.05) is 0 Å². The van der Waals surface area contributed by atoms with Crippen LogP contribution < -0.4 is 5.73 Å². The van der Waals surface area contributed by atoms with Gasteiger partial charge in [0.15, 0.2) is 0 Å². The van der Waals surface area contributed by atoms with Crippen molar-refractivity contribution in [3.05, 3.63) is 11.6 Å². The first kappa shape index (κ1) is 11.8. The largest absolute Gasteiger partial charge is 0.381 e. The van der Waals surface area contributed by atoms with Crippen molar-refractivity contribution in [3.63, 3.8) is 0 Å². The average molecular weight is 248 g/mol. The smallest absolute Gasteiger partial charge is 0.223 e. The van der Waals surface area contributed by atoms with Crippen LogP contribution in [0.15, 0.2) is 0 Å². The Balaban J connectivity index is 1.84. The molecule has 1 saturated carbocycles. The number of nitrogens with two attached hydrogens (primary N) is 1. The molecular formula is C13H20N4O. The van der Waals surface area contributed by atoms with Gasteiger partial charge in [0.2, 0.25) is 5.95 Å². The highest BCUT2D eigenvalue weighted by molar-refractivity contribution is 5.19. The average Bonchev–Trinajstić information content (AvgIpc) is 2.93. The highest BCUT2D eigenvalue weighted by Gasteiger charge is 2.24. The molecule has 1 aromatic heterocycles. The van der Waals surface area contributed by atoms with Gasteiger partial charge in [0, 0.05) is 18.4 Å². The second-order valence-corrected chi connectivity index (χ2v) is 5.31. The van der Waals surface area contributed by atoms with Gasteiger partial charge in [-0.15, -0.1) is 0 Å². The number of rotatable bonds is 2. The Labute approximate surface area is 107 Å². The van der Waals surface area contributed by atoms with E-state index in [0.29, 0.717) is 24.4 Å². The lowest BCUT2D eigenvalue weighted by Crippen LogP contribution is -2.20. The van der Waals surface area contributed by atoms with Crippen molar-refractivity contribution >= 4 is 5.95 Å². The van der Waals surface area contributed by atoms with E-state index in [1.54, 1.807) is 0 Å². The van der Waals surface area contributed by atoms with Crippen molar-refractivity contribution in [2.24, 2.45) is 0 Å². The molecule has 2 N–H and O–H groups in total. The van der Waals surface area contributed by atoms with E-state index >= 15 is 0 Å². The van der Waals surface area contributed by atoms with Crippen LogP contribution in [0.4, 0.5) is 5.95 Å². The van der Waals surface area contributed by atoms with Crippen molar-refractivity contribution < 1.29 is 4.74 Å². The first-order valence-corrected chi connectivity index (χ1v) is 6.92. The number of ether oxygens (including phenoxy) is 1. The molecule has 1 saturated heterocycles. The van der Waals surface area contributed by atoms with Gasteiger partial charge in [0.05, 0.1) is 6.61 Å². The molecule has 0 radical (unpaired) electrons. The molecule has 18 heavy (non-hydrogen) atoms. The maximum atomic E-state index is 5.83. The fourth-order valence-corrected chi connectivity index (χ4v) is 2.92. The third-order valence-corrected chi connectivity index (χ3v) is 3.93. The fraction of sp³-hybridized carbons (Fsp3) is 0.769. The number of aromatic nitrogens is 3. The zero-order valence-corrected chi connectivity index (χ0v) is 10.6. The minimum absolute atomic E-state index is 0.296. The molecule has 2 aliphatic rings. The maximum Gasteiger partial charge on any atom is 0.223 e. The Kier molecular flexibility index (Phi) is 3.41. The summed E-state index contributed by atoms with van der Waals surface area (Å²) >= 11 is 0. The first-order chi connectivity index (χ1) is 8.83. The van der Waals surface area contributed by atoms with Crippen LogP contribution in [0.25, 0.3) is 0 Å². The van der Waals surface area contributed by atoms with E-state index in [4.69, 9.17) is 10.5 Å². The number of hydrogen-bond acceptors (Lipinski definition) is 5. The van der Waals surface area contributed by atoms with E-state index in [-0.39, 0.29) is 0 Å². The summed E-state index contributed by atoms with van der Waals surface area (Å²) in [5, 5.41) is 0. The molecule has 5 nitrogen and oxygen atoms in total. The summed E-state index contributed by atoms with van der Waals surface area (Å²) in [5.41, 5.74) is 5.83. The standard InChI is InChI=1S/C13H20N4O/c14-13-16-11(9-4-1-2-5-9)15-12(17-13)10-6-3-7-18-8-10/h9-10H,1-8H2,(H2,14,15,16,17). The maximum absolute atomic E-state index is 5.83. The summed E-state index contributed by atoms with van der Waals surface area (Å²) in [6.07, 6.45) is 7.09. The molecule has 3 rings (SSSR count). The van der Waals surface area contributed by atoms with Crippen molar-refractivity contribution in [2.75, 3.05) is 18.9 Å². The molecule has 1 atom stereocenters. The second kappa shape index (κ2) is 5.18. The van der Waals surface area contributed by atoms with Gasteiger partial charge in [0.1, 0.15) is 11.6 Å². The molecule has 0 aromatic carbocycles. The van der Waals surface area contributed by atoms with Gasteiger partial charge in [-0.05, 0) is 25.7 Å². The monoisotopic (exact) mass is 248 g/mol. The summed E-state index contributed by atoms with van der Waals surface area (Å²) in [6, 6.07) is 0. The van der Waals surface area contributed by atoms with Crippen LogP contribution in [-0.2, 0) is 4.74 Å². The topological polar surface area (TPSA) is 73.9 Å². The Hall–Kier alpha value is -1.23. The molecule has 0 bridgehead atoms. The molecule has 1 aliphatic carbocycles. The number of hydrogen-bond donors (Lipinski definition) is 1. The van der Waals surface area contributed by atoms with E-state index in [9.17, 15) is 0 Å². The Bertz CT molecular complexity index is 411. The highest BCUT2D eigenvalue weighted by atomic mass is 16.5. The van der Waals surface area contributed by atoms with Crippen molar-refractivity contribution in [1.29, 1.82) is 0 Å². The minimum atomic E-state index is 0.296. The second-order valence-electron chi connectivity index (χ2n) is 5.31. The summed E-state index contributed by atoms with van der Waals surface area (Å²) in [4.78, 5) is 13.3. The molecule has 2 heterocycles. The van der Waals surface area contributed by atoms with Crippen molar-refractivity contribution in [3.8, 4) is 0 Å². The fourth-order valence-electron chi connectivity index (χ4n) is 2.92. The van der Waals surface area contributed by atoms with Crippen molar-refractivity contribution in [2.45, 2.75) is 50.4 Å². The van der Waals surface area contributed by atoms with Crippen LogP contribution in [0.5, 0.6) is 0 Å². The lowest BCUT2D eigenvalue weighted by atomic mass is 10.0. The van der Waals surface area contributed by atoms with Gasteiger partial charge in [-0.25, -0.2) is 4.98 Å². The third-order valence-electron chi connectivity index (χ3n) is 3.93. The Morgan fingerprint density at radius 1 is 0.889 bits per heavy atom. The predicted molar refractivity (Wildman–Crippen MR) is 68.2 cm³/mol. The molecule has 1 aliphatic heterocycles. The summed E-state index contributed by atoms with van der Waals surface area (Å²) in [5.74, 6) is 2.89. The molecular weight excluding hydrogens is 228 g/mol. The zero-order valence-electron chi connectivity index (χ0n) is 10.6. The molecule has 5 heteroatoms. The molecule has 1 aromatic rings. The summed E-state index contributed by atoms with van der Waals surface area (Å²) in [7, 11) is 0. The van der Waals surface area contributed by atoms with Gasteiger partial charge in [-0.1, -0.05) is 12.8 Å². The lowest BCUT2D eigenvalue weighted by molar-refractivity contribution is 0.0779. The lowest BCUT2D eigenvalue weighted by Gasteiger charge is -2.21. The van der Waals surface area contributed by atoms with E-state index in [0.717, 1.165) is 31.1 Å². The van der Waals surface area contributed by atoms with Crippen LogP contribution in [0.1, 0.15) is 62.0 Å². The van der Waals surface area contributed by atoms with E-state index in [2.05, 4.69) is 15.0 Å². The van der Waals surface area contributed by atoms with Gasteiger partial charge < -0.3 is 10.5 Å². The van der Waals surface area contributed by atoms with Crippen molar-refractivity contribution in [1.82, 2.24) is 15.0 Å². The van der Waals surface area contributed by atoms with Gasteiger partial charge in [-0.2, -0.15) is 9.97 Å². The SMILES string of the molecule is Nc1nc(C2CCCC2)nc(C2CCCOC2)n1. The van der Waals surface area contributed by atoms with Crippen LogP contribution in [0, 0.1) is 0 Å². The quantitative estimate of drug-likeness (QED) is 0.866. The van der Waals surface area contributed by atoms with Gasteiger partial charge in [0.25, 0.3) is 0 Å². The zero-order chi connectivity index (χ0) is 12.4. The highest BCUT2D eigenvalue weighted by Crippen LogP contribution is 2.33. The van der Waals surface area contributed by atoms with E-state index < -0.39 is 0 Å². The van der Waals surface area contributed by atoms with Gasteiger partial charge in [-0.3, -0.25) is 0 Å². The molecule has 0 spiro atoms. The number of nitrogen functional groups attached to an aromatic ring is 1. The van der Waals surface area contributed by atoms with Crippen LogP contribution in [0.3, 0.4) is 0 Å². The molecule has 0 amide bonds. The first-order valence-electron chi connectivity index (χ1n) is 6.92. The summed E-state index contributed by atoms with van der Waals surface area (Å²) in [6.45, 7) is 1.57. The predicted octanol–water partition coefficient (Wildman–Crippen LogP) is 2.01. The van der Waals surface area contributed by atoms with Crippen LogP contribution >= 0.6 is 0 Å². The van der Waals surface area contributed by atoms with Gasteiger partial charge >= 0.3 is 0 Å². The summed E-state index contributed by atoms with van der Waals surface area (Å²) < 4.78 is 5.50. The number of anilines is 1. The minimum Gasteiger partial charge on any atom is -0.381 e. The normalized spacial score (nSPS) is 25.4.